The molecule has 2 aromatic rings. The molecule has 0 bridgehead atoms. The van der Waals surface area contributed by atoms with Gasteiger partial charge >= 0.3 is 0 Å². The summed E-state index contributed by atoms with van der Waals surface area (Å²) in [6.45, 7) is 4.24. The van der Waals surface area contributed by atoms with Gasteiger partial charge in [0.2, 0.25) is 5.91 Å². The van der Waals surface area contributed by atoms with Gasteiger partial charge in [-0.2, -0.15) is 5.10 Å². The zero-order valence-electron chi connectivity index (χ0n) is 16.8. The van der Waals surface area contributed by atoms with Crippen LogP contribution in [0.15, 0.2) is 30.5 Å². The second-order valence-electron chi connectivity index (χ2n) is 8.06. The van der Waals surface area contributed by atoms with Gasteiger partial charge in [0.15, 0.2) is 0 Å². The first-order chi connectivity index (χ1) is 14.0. The molecule has 154 valence electrons. The Morgan fingerprint density at radius 2 is 1.79 bits per heavy atom. The number of piperazine rings is 1. The first-order valence-electron chi connectivity index (χ1n) is 10.4. The van der Waals surface area contributed by atoms with Crippen molar-refractivity contribution in [3.63, 3.8) is 0 Å². The Bertz CT molecular complexity index is 896. The van der Waals surface area contributed by atoms with Crippen molar-refractivity contribution >= 4 is 23.4 Å². The van der Waals surface area contributed by atoms with E-state index in [0.29, 0.717) is 49.1 Å². The third-order valence-electron chi connectivity index (χ3n) is 6.15. The molecular weight excluding hydrogens is 388 g/mol. The summed E-state index contributed by atoms with van der Waals surface area (Å²) in [6, 6.07) is 7.41. The van der Waals surface area contributed by atoms with Gasteiger partial charge in [0, 0.05) is 37.6 Å². The highest BCUT2D eigenvalue weighted by atomic mass is 35.5. The lowest BCUT2D eigenvalue weighted by Crippen LogP contribution is -2.50. The lowest BCUT2D eigenvalue weighted by molar-refractivity contribution is -0.133. The second-order valence-corrected chi connectivity index (χ2v) is 8.50. The van der Waals surface area contributed by atoms with Gasteiger partial charge in [-0.05, 0) is 43.9 Å². The smallest absolute Gasteiger partial charge is 0.257 e. The van der Waals surface area contributed by atoms with Crippen molar-refractivity contribution in [1.29, 1.82) is 0 Å². The topological polar surface area (TPSA) is 58.4 Å². The van der Waals surface area contributed by atoms with E-state index in [9.17, 15) is 9.59 Å². The van der Waals surface area contributed by atoms with E-state index in [1.807, 2.05) is 41.0 Å². The van der Waals surface area contributed by atoms with Crippen molar-refractivity contribution in [1.82, 2.24) is 19.6 Å². The minimum atomic E-state index is -0.0290. The summed E-state index contributed by atoms with van der Waals surface area (Å²) in [5.74, 6) is 0.773. The van der Waals surface area contributed by atoms with Crippen LogP contribution in [0, 0.1) is 12.8 Å². The van der Waals surface area contributed by atoms with Crippen LogP contribution in [-0.4, -0.2) is 57.6 Å². The molecule has 0 spiro atoms. The maximum absolute atomic E-state index is 13.0. The molecule has 0 unspecified atom stereocenters. The third-order valence-corrected chi connectivity index (χ3v) is 6.39. The molecule has 1 saturated carbocycles. The van der Waals surface area contributed by atoms with Crippen LogP contribution in [0.25, 0.3) is 5.69 Å². The predicted octanol–water partition coefficient (Wildman–Crippen LogP) is 3.70. The minimum Gasteiger partial charge on any atom is -0.339 e. The molecule has 2 amide bonds. The summed E-state index contributed by atoms with van der Waals surface area (Å²) in [6.07, 6.45) is 7.15. The Morgan fingerprint density at radius 3 is 2.48 bits per heavy atom. The number of amides is 2. The molecule has 1 aliphatic carbocycles. The number of benzene rings is 1. The van der Waals surface area contributed by atoms with E-state index >= 15 is 0 Å². The third kappa shape index (κ3) is 4.32. The average Bonchev–Trinajstić information content (AvgIpc) is 3.37. The van der Waals surface area contributed by atoms with Crippen molar-refractivity contribution < 1.29 is 9.59 Å². The molecule has 0 N–H and O–H groups in total. The van der Waals surface area contributed by atoms with Gasteiger partial charge in [-0.15, -0.1) is 0 Å². The van der Waals surface area contributed by atoms with Crippen LogP contribution in [0.4, 0.5) is 0 Å². The van der Waals surface area contributed by atoms with Crippen LogP contribution >= 0.6 is 11.6 Å². The summed E-state index contributed by atoms with van der Waals surface area (Å²) in [5.41, 5.74) is 2.21. The van der Waals surface area contributed by atoms with Crippen molar-refractivity contribution in [2.24, 2.45) is 5.92 Å². The summed E-state index contributed by atoms with van der Waals surface area (Å²) < 4.78 is 1.74. The number of nitrogens with zero attached hydrogens (tertiary/aromatic N) is 4. The molecule has 6 nitrogen and oxygen atoms in total. The quantitative estimate of drug-likeness (QED) is 0.766. The summed E-state index contributed by atoms with van der Waals surface area (Å²) in [5, 5.41) is 5.02. The van der Waals surface area contributed by atoms with Gasteiger partial charge in [0.1, 0.15) is 0 Å². The Balaban J connectivity index is 1.38. The summed E-state index contributed by atoms with van der Waals surface area (Å²) in [7, 11) is 0. The number of carbonyl (C=O) groups is 2. The van der Waals surface area contributed by atoms with Crippen LogP contribution < -0.4 is 0 Å². The minimum absolute atomic E-state index is 0.0290. The van der Waals surface area contributed by atoms with Gasteiger partial charge in [-0.25, -0.2) is 4.68 Å². The van der Waals surface area contributed by atoms with E-state index in [1.54, 1.807) is 10.9 Å². The van der Waals surface area contributed by atoms with Crippen molar-refractivity contribution in [3.05, 3.63) is 46.7 Å². The fourth-order valence-electron chi connectivity index (χ4n) is 4.41. The van der Waals surface area contributed by atoms with E-state index in [-0.39, 0.29) is 11.8 Å². The van der Waals surface area contributed by atoms with E-state index in [2.05, 4.69) is 5.10 Å². The Labute approximate surface area is 176 Å². The molecule has 29 heavy (non-hydrogen) atoms. The predicted molar refractivity (Wildman–Crippen MR) is 112 cm³/mol. The molecule has 1 aliphatic heterocycles. The van der Waals surface area contributed by atoms with Crippen molar-refractivity contribution in [2.75, 3.05) is 26.2 Å². The molecule has 7 heteroatoms. The Morgan fingerprint density at radius 1 is 1.10 bits per heavy atom. The Hall–Kier alpha value is -2.34. The summed E-state index contributed by atoms with van der Waals surface area (Å²) in [4.78, 5) is 29.3. The highest BCUT2D eigenvalue weighted by molar-refractivity contribution is 6.30. The average molecular weight is 415 g/mol. The second kappa shape index (κ2) is 8.57. The molecule has 2 heterocycles. The lowest BCUT2D eigenvalue weighted by Gasteiger charge is -2.35. The molecule has 2 aliphatic rings. The SMILES string of the molecule is Cc1c(C(=O)N2CCN(C(=O)CC3CCCC3)CC2)cnn1-c1cccc(Cl)c1. The molecule has 0 atom stereocenters. The van der Waals surface area contributed by atoms with Gasteiger partial charge in [0.25, 0.3) is 5.91 Å². The van der Waals surface area contributed by atoms with Crippen LogP contribution in [-0.2, 0) is 4.79 Å². The van der Waals surface area contributed by atoms with Gasteiger partial charge in [-0.3, -0.25) is 9.59 Å². The van der Waals surface area contributed by atoms with Crippen LogP contribution in [0.5, 0.6) is 0 Å². The first kappa shape index (κ1) is 20.0. The largest absolute Gasteiger partial charge is 0.339 e. The first-order valence-corrected chi connectivity index (χ1v) is 10.8. The van der Waals surface area contributed by atoms with Gasteiger partial charge in [0.05, 0.1) is 23.1 Å². The standard InChI is InChI=1S/C22H27ClN4O2/c1-16-20(15-24-27(16)19-8-4-7-18(23)14-19)22(29)26-11-9-25(10-12-26)21(28)13-17-5-2-3-6-17/h4,7-8,14-15,17H,2-3,5-6,9-13H2,1H3. The number of halogens is 1. The highest BCUT2D eigenvalue weighted by Gasteiger charge is 2.28. The van der Waals surface area contributed by atoms with E-state index < -0.39 is 0 Å². The van der Waals surface area contributed by atoms with Crippen molar-refractivity contribution in [3.8, 4) is 5.69 Å². The van der Waals surface area contributed by atoms with E-state index in [4.69, 9.17) is 11.6 Å². The fourth-order valence-corrected chi connectivity index (χ4v) is 4.59. The van der Waals surface area contributed by atoms with E-state index in [0.717, 1.165) is 11.4 Å². The summed E-state index contributed by atoms with van der Waals surface area (Å²) >= 11 is 6.08. The molecule has 0 radical (unpaired) electrons. The van der Waals surface area contributed by atoms with Crippen LogP contribution in [0.1, 0.15) is 48.2 Å². The molecule has 2 fully saturated rings. The van der Waals surface area contributed by atoms with Crippen LogP contribution in [0.2, 0.25) is 5.02 Å². The van der Waals surface area contributed by atoms with Gasteiger partial charge in [-0.1, -0.05) is 30.5 Å². The van der Waals surface area contributed by atoms with Gasteiger partial charge < -0.3 is 9.80 Å². The molecule has 4 rings (SSSR count). The number of rotatable bonds is 4. The fraction of sp³-hybridized carbons (Fsp3) is 0.500. The molecule has 1 saturated heterocycles. The van der Waals surface area contributed by atoms with E-state index in [1.165, 1.54) is 25.7 Å². The number of aromatic nitrogens is 2. The van der Waals surface area contributed by atoms with Crippen LogP contribution in [0.3, 0.4) is 0 Å². The Kier molecular flexibility index (Phi) is 5.90. The molecular formula is C22H27ClN4O2. The highest BCUT2D eigenvalue weighted by Crippen LogP contribution is 2.28. The number of hydrogen-bond acceptors (Lipinski definition) is 3. The maximum atomic E-state index is 13.0. The molecule has 1 aromatic carbocycles. The normalized spacial score (nSPS) is 17.7. The number of hydrogen-bond donors (Lipinski definition) is 0. The van der Waals surface area contributed by atoms with Crippen molar-refractivity contribution in [2.45, 2.75) is 39.0 Å². The zero-order valence-corrected chi connectivity index (χ0v) is 17.6. The molecule has 1 aromatic heterocycles. The maximum Gasteiger partial charge on any atom is 0.257 e. The zero-order chi connectivity index (χ0) is 20.4. The number of carbonyl (C=O) groups excluding carboxylic acids is 2. The lowest BCUT2D eigenvalue weighted by atomic mass is 10.0. The monoisotopic (exact) mass is 414 g/mol.